The summed E-state index contributed by atoms with van der Waals surface area (Å²) in [5, 5.41) is 3.36. The number of allylic oxidation sites excluding steroid dienone is 4. The second kappa shape index (κ2) is 12.1. The smallest absolute Gasteiger partial charge is 0.278 e. The van der Waals surface area contributed by atoms with Gasteiger partial charge in [-0.3, -0.25) is 9.13 Å². The van der Waals surface area contributed by atoms with E-state index in [4.69, 9.17) is 9.97 Å². The fourth-order valence-electron chi connectivity index (χ4n) is 7.62. The predicted molar refractivity (Wildman–Crippen MR) is 196 cm³/mol. The van der Waals surface area contributed by atoms with Gasteiger partial charge in [0.2, 0.25) is 0 Å². The Labute approximate surface area is 303 Å². The van der Waals surface area contributed by atoms with Gasteiger partial charge in [-0.15, -0.1) is 0 Å². The molecule has 0 bridgehead atoms. The topological polar surface area (TPSA) is 61.4 Å². The Morgan fingerprint density at radius 2 is 1.06 bits per heavy atom. The normalized spacial score (nSPS) is 15.6. The molecule has 1 atom stereocenters. The number of nitrogens with zero attached hydrogens (tertiary/aromatic N) is 6. The number of pyridine rings is 4. The molecule has 6 aromatic heterocycles. The number of halogens is 6. The van der Waals surface area contributed by atoms with Gasteiger partial charge in [-0.2, -0.15) is 26.3 Å². The van der Waals surface area contributed by atoms with Crippen molar-refractivity contribution < 1.29 is 26.3 Å². The van der Waals surface area contributed by atoms with Crippen molar-refractivity contribution in [3.8, 4) is 11.4 Å². The standard InChI is InChI=1S/C42H28F6N6/c1-23-17-34(26-20-36-32-6-4-16-50-38(32)54(40(36)52-22-26)30-13-9-28(10-14-30)42(46,47)48)24(2)18-33(23)25-19-35-31-5-3-15-49-37(31)53(39(35)51-21-25)29-11-7-27(8-12-29)41(43,44)45/h3-17,19-22,33H,18H2,1-2H3. The van der Waals surface area contributed by atoms with E-state index in [0.29, 0.717) is 40.4 Å². The highest BCUT2D eigenvalue weighted by Crippen LogP contribution is 2.42. The third-order valence-corrected chi connectivity index (χ3v) is 10.3. The zero-order valence-corrected chi connectivity index (χ0v) is 28.7. The molecule has 6 heterocycles. The van der Waals surface area contributed by atoms with Crippen LogP contribution in [0.3, 0.4) is 0 Å². The van der Waals surface area contributed by atoms with E-state index in [1.54, 1.807) is 27.7 Å². The number of hydrogen-bond acceptors (Lipinski definition) is 4. The molecule has 0 radical (unpaired) electrons. The first-order chi connectivity index (χ1) is 25.9. The van der Waals surface area contributed by atoms with Crippen LogP contribution in [0.4, 0.5) is 26.3 Å². The summed E-state index contributed by atoms with van der Waals surface area (Å²) >= 11 is 0. The van der Waals surface area contributed by atoms with Crippen molar-refractivity contribution in [1.82, 2.24) is 29.1 Å². The van der Waals surface area contributed by atoms with E-state index in [0.717, 1.165) is 73.7 Å². The van der Waals surface area contributed by atoms with Crippen LogP contribution in [-0.2, 0) is 12.4 Å². The minimum Gasteiger partial charge on any atom is -0.278 e. The van der Waals surface area contributed by atoms with Gasteiger partial charge in [-0.1, -0.05) is 17.2 Å². The van der Waals surface area contributed by atoms with Crippen molar-refractivity contribution >= 4 is 49.7 Å². The Morgan fingerprint density at radius 1 is 0.574 bits per heavy atom. The van der Waals surface area contributed by atoms with E-state index in [1.807, 2.05) is 30.5 Å². The van der Waals surface area contributed by atoms with Crippen molar-refractivity contribution in [2.24, 2.45) is 0 Å². The molecule has 0 aliphatic heterocycles. The highest BCUT2D eigenvalue weighted by molar-refractivity contribution is 6.08. The van der Waals surface area contributed by atoms with Gasteiger partial charge in [-0.25, -0.2) is 19.9 Å². The summed E-state index contributed by atoms with van der Waals surface area (Å²) in [5.74, 6) is 0.0225. The molecule has 9 rings (SSSR count). The molecule has 0 fully saturated rings. The lowest BCUT2D eigenvalue weighted by molar-refractivity contribution is -0.138. The number of fused-ring (bicyclic) bond motifs is 6. The van der Waals surface area contributed by atoms with Crippen molar-refractivity contribution in [3.05, 3.63) is 149 Å². The van der Waals surface area contributed by atoms with Crippen LogP contribution in [0.2, 0.25) is 0 Å². The van der Waals surface area contributed by atoms with Crippen LogP contribution < -0.4 is 0 Å². The van der Waals surface area contributed by atoms with Crippen LogP contribution in [0.5, 0.6) is 0 Å². The molecule has 2 aromatic carbocycles. The Kier molecular flexibility index (Phi) is 7.53. The number of aromatic nitrogens is 6. The van der Waals surface area contributed by atoms with Gasteiger partial charge in [0.25, 0.3) is 0 Å². The Hall–Kier alpha value is -6.30. The lowest BCUT2D eigenvalue weighted by Crippen LogP contribution is -2.08. The third-order valence-electron chi connectivity index (χ3n) is 10.3. The Balaban J connectivity index is 1.08. The summed E-state index contributed by atoms with van der Waals surface area (Å²) in [6.07, 6.45) is 0.923. The van der Waals surface area contributed by atoms with Gasteiger partial charge >= 0.3 is 12.4 Å². The number of hydrogen-bond donors (Lipinski definition) is 0. The van der Waals surface area contributed by atoms with Crippen LogP contribution in [0.15, 0.2) is 127 Å². The van der Waals surface area contributed by atoms with Crippen LogP contribution in [0.25, 0.3) is 61.1 Å². The molecule has 0 saturated heterocycles. The van der Waals surface area contributed by atoms with Gasteiger partial charge < -0.3 is 0 Å². The lowest BCUT2D eigenvalue weighted by atomic mass is 9.79. The molecule has 1 aliphatic rings. The lowest BCUT2D eigenvalue weighted by Gasteiger charge is -2.25. The zero-order valence-electron chi connectivity index (χ0n) is 28.7. The molecule has 0 saturated carbocycles. The van der Waals surface area contributed by atoms with Gasteiger partial charge in [0.15, 0.2) is 0 Å². The second-order valence-corrected chi connectivity index (χ2v) is 13.6. The predicted octanol–water partition coefficient (Wildman–Crippen LogP) is 11.4. The van der Waals surface area contributed by atoms with Crippen molar-refractivity contribution in [2.45, 2.75) is 38.5 Å². The molecule has 0 spiro atoms. The average Bonchev–Trinajstić information content (AvgIpc) is 3.67. The van der Waals surface area contributed by atoms with Crippen molar-refractivity contribution in [1.29, 1.82) is 0 Å². The minimum atomic E-state index is -4.44. The van der Waals surface area contributed by atoms with E-state index < -0.39 is 23.5 Å². The summed E-state index contributed by atoms with van der Waals surface area (Å²) in [5.41, 5.74) is 7.20. The Bertz CT molecular complexity index is 2840. The van der Waals surface area contributed by atoms with Gasteiger partial charge in [0.05, 0.1) is 11.1 Å². The quantitative estimate of drug-likeness (QED) is 0.169. The van der Waals surface area contributed by atoms with Crippen molar-refractivity contribution in [3.63, 3.8) is 0 Å². The molecular formula is C42H28F6N6. The highest BCUT2D eigenvalue weighted by Gasteiger charge is 2.31. The minimum absolute atomic E-state index is 0.0225. The molecule has 0 amide bonds. The van der Waals surface area contributed by atoms with E-state index in [1.165, 1.54) is 24.3 Å². The molecule has 0 N–H and O–H groups in total. The largest absolute Gasteiger partial charge is 0.416 e. The van der Waals surface area contributed by atoms with Crippen LogP contribution in [0, 0.1) is 0 Å². The summed E-state index contributed by atoms with van der Waals surface area (Å²) < 4.78 is 83.4. The van der Waals surface area contributed by atoms with E-state index in [-0.39, 0.29) is 5.92 Å². The fourth-order valence-corrected chi connectivity index (χ4v) is 7.62. The van der Waals surface area contributed by atoms with Gasteiger partial charge in [0, 0.05) is 69.2 Å². The molecule has 1 unspecified atom stereocenters. The molecule has 54 heavy (non-hydrogen) atoms. The summed E-state index contributed by atoms with van der Waals surface area (Å²) in [6, 6.07) is 21.7. The SMILES string of the molecule is CC1=CC(c2cnc3c(c2)c2cccnc2n3-c2ccc(C(F)(F)F)cc2)=C(C)CC1c1cnc2c(c1)c1cccnc1n2-c1ccc(C(F)(F)F)cc1. The maximum atomic E-state index is 13.3. The number of benzene rings is 2. The van der Waals surface area contributed by atoms with Crippen LogP contribution in [-0.4, -0.2) is 29.1 Å². The molecule has 8 aromatic rings. The summed E-state index contributed by atoms with van der Waals surface area (Å²) in [7, 11) is 0. The van der Waals surface area contributed by atoms with E-state index in [9.17, 15) is 26.3 Å². The summed E-state index contributed by atoms with van der Waals surface area (Å²) in [4.78, 5) is 18.9. The van der Waals surface area contributed by atoms with Gasteiger partial charge in [-0.05, 0) is 116 Å². The first kappa shape index (κ1) is 33.5. The van der Waals surface area contributed by atoms with Crippen LogP contribution in [0.1, 0.15) is 48.4 Å². The fraction of sp³-hybridized carbons (Fsp3) is 0.143. The number of rotatable bonds is 4. The molecule has 1 aliphatic carbocycles. The van der Waals surface area contributed by atoms with Crippen molar-refractivity contribution in [2.75, 3.05) is 0 Å². The average molecular weight is 731 g/mol. The zero-order chi connectivity index (χ0) is 37.5. The summed E-state index contributed by atoms with van der Waals surface area (Å²) in [6.45, 7) is 4.18. The van der Waals surface area contributed by atoms with Crippen LogP contribution >= 0.6 is 0 Å². The first-order valence-corrected chi connectivity index (χ1v) is 17.1. The Morgan fingerprint density at radius 3 is 1.57 bits per heavy atom. The number of alkyl halides is 6. The second-order valence-electron chi connectivity index (χ2n) is 13.6. The first-order valence-electron chi connectivity index (χ1n) is 17.1. The molecular weight excluding hydrogens is 702 g/mol. The maximum absolute atomic E-state index is 13.3. The van der Waals surface area contributed by atoms with Gasteiger partial charge in [0.1, 0.15) is 22.6 Å². The molecule has 6 nitrogen and oxygen atoms in total. The highest BCUT2D eigenvalue weighted by atomic mass is 19.4. The monoisotopic (exact) mass is 730 g/mol. The van der Waals surface area contributed by atoms with E-state index >= 15 is 0 Å². The van der Waals surface area contributed by atoms with E-state index in [2.05, 4.69) is 42.0 Å². The molecule has 268 valence electrons. The third kappa shape index (κ3) is 5.43. The molecule has 12 heteroatoms. The maximum Gasteiger partial charge on any atom is 0.416 e.